The number of hydrogen-bond donors (Lipinski definition) is 1. The van der Waals surface area contributed by atoms with E-state index in [1.807, 2.05) is 0 Å². The molecule has 0 heterocycles. The fraction of sp³-hybridized carbons (Fsp3) is 0.909. The molecule has 88 valence electrons. The summed E-state index contributed by atoms with van der Waals surface area (Å²) in [5.74, 6) is -0.835. The topological polar surface area (TPSA) is 49.8 Å². The number of ether oxygens (including phenoxy) is 1. The van der Waals surface area contributed by atoms with Crippen LogP contribution in [-0.2, 0) is 9.53 Å². The Kier molecular flexibility index (Phi) is 4.54. The molecule has 0 bridgehead atoms. The van der Waals surface area contributed by atoms with Crippen molar-refractivity contribution in [3.8, 4) is 0 Å². The van der Waals surface area contributed by atoms with E-state index in [0.29, 0.717) is 12.6 Å². The molecule has 1 aliphatic rings. The van der Waals surface area contributed by atoms with E-state index in [1.54, 1.807) is 7.11 Å². The van der Waals surface area contributed by atoms with Crippen LogP contribution in [0.3, 0.4) is 0 Å². The fourth-order valence-electron chi connectivity index (χ4n) is 2.38. The smallest absolute Gasteiger partial charge is 0.308 e. The molecule has 0 aromatic rings. The lowest BCUT2D eigenvalue weighted by atomic mass is 9.78. The summed E-state index contributed by atoms with van der Waals surface area (Å²) in [6, 6.07) is 0.504. The van der Waals surface area contributed by atoms with Crippen molar-refractivity contribution < 1.29 is 14.6 Å². The molecule has 4 heteroatoms. The van der Waals surface area contributed by atoms with Crippen LogP contribution in [0.4, 0.5) is 0 Å². The predicted molar refractivity (Wildman–Crippen MR) is 57.9 cm³/mol. The van der Waals surface area contributed by atoms with Crippen LogP contribution in [0.15, 0.2) is 0 Å². The second-order valence-electron chi connectivity index (χ2n) is 4.22. The van der Waals surface area contributed by atoms with Gasteiger partial charge in [0, 0.05) is 19.2 Å². The number of methoxy groups -OCH3 is 1. The number of carbonyl (C=O) groups is 1. The van der Waals surface area contributed by atoms with Gasteiger partial charge in [-0.1, -0.05) is 6.92 Å². The average molecular weight is 215 g/mol. The standard InChI is InChI=1S/C11H21NO3/c1-4-12(8(2)7-15-3)10-6-5-9(10)11(13)14/h8-10H,4-7H2,1-3H3,(H,13,14). The Labute approximate surface area is 91.2 Å². The molecule has 1 fully saturated rings. The summed E-state index contributed by atoms with van der Waals surface area (Å²) in [5.41, 5.74) is 0. The number of hydrogen-bond acceptors (Lipinski definition) is 3. The van der Waals surface area contributed by atoms with Crippen LogP contribution in [0.25, 0.3) is 0 Å². The summed E-state index contributed by atoms with van der Waals surface area (Å²) in [6.07, 6.45) is 1.81. The van der Waals surface area contributed by atoms with Crippen LogP contribution in [0.2, 0.25) is 0 Å². The molecule has 15 heavy (non-hydrogen) atoms. The highest BCUT2D eigenvalue weighted by Crippen LogP contribution is 2.33. The monoisotopic (exact) mass is 215 g/mol. The Morgan fingerprint density at radius 1 is 1.60 bits per heavy atom. The van der Waals surface area contributed by atoms with Crippen molar-refractivity contribution in [1.82, 2.24) is 4.90 Å². The summed E-state index contributed by atoms with van der Waals surface area (Å²) >= 11 is 0. The summed E-state index contributed by atoms with van der Waals surface area (Å²) in [7, 11) is 1.68. The van der Waals surface area contributed by atoms with Crippen molar-refractivity contribution in [2.75, 3.05) is 20.3 Å². The van der Waals surface area contributed by atoms with Crippen molar-refractivity contribution in [3.05, 3.63) is 0 Å². The molecular weight excluding hydrogens is 194 g/mol. The Morgan fingerprint density at radius 3 is 2.60 bits per heavy atom. The first-order chi connectivity index (χ1) is 7.11. The van der Waals surface area contributed by atoms with Gasteiger partial charge in [0.25, 0.3) is 0 Å². The summed E-state index contributed by atoms with van der Waals surface area (Å²) in [4.78, 5) is 13.2. The van der Waals surface area contributed by atoms with E-state index in [9.17, 15) is 4.79 Å². The fourth-order valence-corrected chi connectivity index (χ4v) is 2.38. The van der Waals surface area contributed by atoms with E-state index in [0.717, 1.165) is 19.4 Å². The van der Waals surface area contributed by atoms with Crippen LogP contribution in [0.5, 0.6) is 0 Å². The maximum atomic E-state index is 10.9. The van der Waals surface area contributed by atoms with E-state index in [4.69, 9.17) is 9.84 Å². The maximum absolute atomic E-state index is 10.9. The maximum Gasteiger partial charge on any atom is 0.308 e. The molecule has 0 spiro atoms. The van der Waals surface area contributed by atoms with Crippen LogP contribution in [0.1, 0.15) is 26.7 Å². The third-order valence-electron chi connectivity index (χ3n) is 3.32. The second-order valence-corrected chi connectivity index (χ2v) is 4.22. The second kappa shape index (κ2) is 5.47. The number of carboxylic acids is 1. The first-order valence-corrected chi connectivity index (χ1v) is 5.59. The number of carboxylic acid groups (broad SMARTS) is 1. The van der Waals surface area contributed by atoms with Crippen LogP contribution in [0, 0.1) is 5.92 Å². The lowest BCUT2D eigenvalue weighted by Gasteiger charge is -2.44. The summed E-state index contributed by atoms with van der Waals surface area (Å²) < 4.78 is 5.11. The van der Waals surface area contributed by atoms with Crippen LogP contribution >= 0.6 is 0 Å². The molecular formula is C11H21NO3. The van der Waals surface area contributed by atoms with E-state index >= 15 is 0 Å². The Bertz CT molecular complexity index is 220. The molecule has 3 atom stereocenters. The Morgan fingerprint density at radius 2 is 2.27 bits per heavy atom. The van der Waals surface area contributed by atoms with Gasteiger partial charge in [-0.2, -0.15) is 0 Å². The summed E-state index contributed by atoms with van der Waals surface area (Å²) in [6.45, 7) is 5.71. The third-order valence-corrected chi connectivity index (χ3v) is 3.32. The zero-order valence-corrected chi connectivity index (χ0v) is 9.77. The lowest BCUT2D eigenvalue weighted by Crippen LogP contribution is -2.54. The molecule has 0 aromatic carbocycles. The molecule has 4 nitrogen and oxygen atoms in total. The summed E-state index contributed by atoms with van der Waals surface area (Å²) in [5, 5.41) is 9.00. The molecule has 0 amide bonds. The van der Waals surface area contributed by atoms with Gasteiger partial charge in [0.2, 0.25) is 0 Å². The number of rotatable bonds is 6. The SMILES string of the molecule is CCN(C(C)COC)C1CCC1C(=O)O. The minimum atomic E-state index is -0.658. The largest absolute Gasteiger partial charge is 0.481 e. The molecule has 0 aliphatic heterocycles. The molecule has 1 N–H and O–H groups in total. The van der Waals surface area contributed by atoms with Gasteiger partial charge in [0.1, 0.15) is 0 Å². The Hall–Kier alpha value is -0.610. The molecule has 0 saturated heterocycles. The van der Waals surface area contributed by atoms with Gasteiger partial charge in [-0.05, 0) is 26.3 Å². The van der Waals surface area contributed by atoms with Gasteiger partial charge < -0.3 is 9.84 Å². The van der Waals surface area contributed by atoms with E-state index < -0.39 is 5.97 Å². The molecule has 1 saturated carbocycles. The van der Waals surface area contributed by atoms with Gasteiger partial charge >= 0.3 is 5.97 Å². The minimum Gasteiger partial charge on any atom is -0.481 e. The van der Waals surface area contributed by atoms with Gasteiger partial charge in [-0.25, -0.2) is 0 Å². The van der Waals surface area contributed by atoms with Crippen molar-refractivity contribution in [1.29, 1.82) is 0 Å². The van der Waals surface area contributed by atoms with E-state index in [1.165, 1.54) is 0 Å². The zero-order chi connectivity index (χ0) is 11.4. The molecule has 1 rings (SSSR count). The highest BCUT2D eigenvalue weighted by atomic mass is 16.5. The van der Waals surface area contributed by atoms with Crippen molar-refractivity contribution in [2.24, 2.45) is 5.92 Å². The highest BCUT2D eigenvalue weighted by Gasteiger charge is 2.41. The number of likely N-dealkylation sites (N-methyl/N-ethyl adjacent to an activating group) is 1. The van der Waals surface area contributed by atoms with Crippen molar-refractivity contribution in [3.63, 3.8) is 0 Å². The minimum absolute atomic E-state index is 0.177. The first-order valence-electron chi connectivity index (χ1n) is 5.59. The quantitative estimate of drug-likeness (QED) is 0.723. The highest BCUT2D eigenvalue weighted by molar-refractivity contribution is 5.72. The average Bonchev–Trinajstić information content (AvgIpc) is 2.11. The molecule has 1 aliphatic carbocycles. The molecule has 3 unspecified atom stereocenters. The number of nitrogens with zero attached hydrogens (tertiary/aromatic N) is 1. The lowest BCUT2D eigenvalue weighted by molar-refractivity contribution is -0.150. The van der Waals surface area contributed by atoms with Gasteiger partial charge in [0.05, 0.1) is 12.5 Å². The van der Waals surface area contributed by atoms with Gasteiger partial charge in [-0.15, -0.1) is 0 Å². The van der Waals surface area contributed by atoms with Crippen molar-refractivity contribution in [2.45, 2.75) is 38.8 Å². The normalized spacial score (nSPS) is 27.5. The Balaban J connectivity index is 2.54. The van der Waals surface area contributed by atoms with Crippen LogP contribution in [-0.4, -0.2) is 48.3 Å². The zero-order valence-electron chi connectivity index (χ0n) is 9.77. The predicted octanol–water partition coefficient (Wildman–Crippen LogP) is 1.21. The molecule has 0 aromatic heterocycles. The van der Waals surface area contributed by atoms with E-state index in [2.05, 4.69) is 18.7 Å². The van der Waals surface area contributed by atoms with Crippen LogP contribution < -0.4 is 0 Å². The van der Waals surface area contributed by atoms with Gasteiger partial charge in [0.15, 0.2) is 0 Å². The van der Waals surface area contributed by atoms with E-state index in [-0.39, 0.29) is 12.0 Å². The van der Waals surface area contributed by atoms with Gasteiger partial charge in [-0.3, -0.25) is 9.69 Å². The first kappa shape index (κ1) is 12.5. The number of aliphatic carboxylic acids is 1. The van der Waals surface area contributed by atoms with Crippen molar-refractivity contribution >= 4 is 5.97 Å². The molecule has 0 radical (unpaired) electrons. The third kappa shape index (κ3) is 2.69.